The molecular formula is C20H34N4O2. The first-order valence-corrected chi connectivity index (χ1v) is 10.2. The maximum Gasteiger partial charge on any atom is 0.317 e. The zero-order valence-electron chi connectivity index (χ0n) is 16.4. The van der Waals surface area contributed by atoms with Gasteiger partial charge in [-0.3, -0.25) is 0 Å². The lowest BCUT2D eigenvalue weighted by Crippen LogP contribution is -2.48. The summed E-state index contributed by atoms with van der Waals surface area (Å²) < 4.78 is 7.49. The second-order valence-electron chi connectivity index (χ2n) is 7.88. The van der Waals surface area contributed by atoms with Gasteiger partial charge in [0.2, 0.25) is 0 Å². The van der Waals surface area contributed by atoms with Crippen LogP contribution in [-0.2, 0) is 17.7 Å². The first-order valence-electron chi connectivity index (χ1n) is 10.2. The van der Waals surface area contributed by atoms with E-state index in [2.05, 4.69) is 21.8 Å². The van der Waals surface area contributed by atoms with Crippen LogP contribution >= 0.6 is 0 Å². The highest BCUT2D eigenvalue weighted by molar-refractivity contribution is 5.74. The SMILES string of the molecule is COCCn1c(C)cnc1CC1CCN(C(=O)NC2CCCCC2)CC1. The molecule has 1 N–H and O–H groups in total. The fourth-order valence-electron chi connectivity index (χ4n) is 4.27. The number of imidazole rings is 1. The van der Waals surface area contributed by atoms with E-state index in [1.54, 1.807) is 7.11 Å². The van der Waals surface area contributed by atoms with E-state index in [1.807, 2.05) is 11.1 Å². The number of nitrogens with one attached hydrogen (secondary N) is 1. The third-order valence-electron chi connectivity index (χ3n) is 5.96. The summed E-state index contributed by atoms with van der Waals surface area (Å²) in [7, 11) is 1.74. The van der Waals surface area contributed by atoms with Crippen molar-refractivity contribution in [3.63, 3.8) is 0 Å². The van der Waals surface area contributed by atoms with E-state index < -0.39 is 0 Å². The fraction of sp³-hybridized carbons (Fsp3) is 0.800. The van der Waals surface area contributed by atoms with Gasteiger partial charge < -0.3 is 19.5 Å². The summed E-state index contributed by atoms with van der Waals surface area (Å²) >= 11 is 0. The molecule has 6 heteroatoms. The number of methoxy groups -OCH3 is 1. The molecule has 1 aromatic heterocycles. The largest absolute Gasteiger partial charge is 0.383 e. The van der Waals surface area contributed by atoms with Crippen LogP contribution in [0.1, 0.15) is 56.5 Å². The van der Waals surface area contributed by atoms with E-state index in [4.69, 9.17) is 4.74 Å². The van der Waals surface area contributed by atoms with E-state index in [9.17, 15) is 4.79 Å². The molecule has 3 rings (SSSR count). The molecule has 0 spiro atoms. The summed E-state index contributed by atoms with van der Waals surface area (Å²) in [6.45, 7) is 5.40. The molecule has 2 aliphatic rings. The van der Waals surface area contributed by atoms with Gasteiger partial charge in [0.1, 0.15) is 5.82 Å². The van der Waals surface area contributed by atoms with Gasteiger partial charge in [-0.2, -0.15) is 0 Å². The van der Waals surface area contributed by atoms with Gasteiger partial charge in [-0.1, -0.05) is 19.3 Å². The quantitative estimate of drug-likeness (QED) is 0.846. The number of likely N-dealkylation sites (tertiary alicyclic amines) is 1. The van der Waals surface area contributed by atoms with E-state index >= 15 is 0 Å². The van der Waals surface area contributed by atoms with Crippen molar-refractivity contribution in [1.82, 2.24) is 19.8 Å². The van der Waals surface area contributed by atoms with Crippen LogP contribution in [0, 0.1) is 12.8 Å². The average Bonchev–Trinajstić information content (AvgIpc) is 3.01. The molecule has 146 valence electrons. The Morgan fingerprint density at radius 2 is 1.96 bits per heavy atom. The summed E-state index contributed by atoms with van der Waals surface area (Å²) in [5.74, 6) is 1.77. The maximum absolute atomic E-state index is 12.5. The van der Waals surface area contributed by atoms with Crippen molar-refractivity contribution in [3.05, 3.63) is 17.7 Å². The van der Waals surface area contributed by atoms with Crippen LogP contribution in [0.15, 0.2) is 6.20 Å². The van der Waals surface area contributed by atoms with Crippen LogP contribution in [0.4, 0.5) is 4.79 Å². The molecule has 1 aliphatic heterocycles. The Kier molecular flexibility index (Phi) is 6.94. The van der Waals surface area contributed by atoms with Crippen LogP contribution in [0.25, 0.3) is 0 Å². The number of carbonyl (C=O) groups is 1. The van der Waals surface area contributed by atoms with Gasteiger partial charge in [0.25, 0.3) is 0 Å². The van der Waals surface area contributed by atoms with Crippen molar-refractivity contribution in [1.29, 1.82) is 0 Å². The number of urea groups is 1. The highest BCUT2D eigenvalue weighted by Gasteiger charge is 2.26. The van der Waals surface area contributed by atoms with Crippen LogP contribution in [0.2, 0.25) is 0 Å². The molecule has 0 radical (unpaired) electrons. The topological polar surface area (TPSA) is 59.4 Å². The summed E-state index contributed by atoms with van der Waals surface area (Å²) in [5, 5.41) is 3.25. The molecule has 2 heterocycles. The van der Waals surface area contributed by atoms with Crippen molar-refractivity contribution in [2.24, 2.45) is 5.92 Å². The number of nitrogens with zero attached hydrogens (tertiary/aromatic N) is 3. The third kappa shape index (κ3) is 5.00. The summed E-state index contributed by atoms with van der Waals surface area (Å²) in [4.78, 5) is 19.1. The zero-order chi connectivity index (χ0) is 18.4. The number of aryl methyl sites for hydroxylation is 1. The number of ether oxygens (including phenoxy) is 1. The Labute approximate surface area is 157 Å². The molecular weight excluding hydrogens is 328 g/mol. The van der Waals surface area contributed by atoms with Gasteiger partial charge in [-0.15, -0.1) is 0 Å². The Morgan fingerprint density at radius 1 is 1.23 bits per heavy atom. The first-order chi connectivity index (χ1) is 12.7. The number of piperidine rings is 1. The summed E-state index contributed by atoms with van der Waals surface area (Å²) in [6.07, 6.45) is 11.2. The van der Waals surface area contributed by atoms with Crippen molar-refractivity contribution in [2.75, 3.05) is 26.8 Å². The minimum Gasteiger partial charge on any atom is -0.383 e. The van der Waals surface area contributed by atoms with E-state index in [1.165, 1.54) is 25.0 Å². The van der Waals surface area contributed by atoms with Crippen LogP contribution in [-0.4, -0.2) is 53.3 Å². The molecule has 0 unspecified atom stereocenters. The Balaban J connectivity index is 1.45. The summed E-state index contributed by atoms with van der Waals surface area (Å²) in [5.41, 5.74) is 1.20. The molecule has 0 bridgehead atoms. The Morgan fingerprint density at radius 3 is 2.65 bits per heavy atom. The van der Waals surface area contributed by atoms with Gasteiger partial charge in [-0.25, -0.2) is 9.78 Å². The zero-order valence-corrected chi connectivity index (χ0v) is 16.4. The Bertz CT molecular complexity index is 572. The second-order valence-corrected chi connectivity index (χ2v) is 7.88. The van der Waals surface area contributed by atoms with E-state index in [0.717, 1.165) is 57.6 Å². The standard InChI is InChI=1S/C20H34N4O2/c1-16-15-21-19(24(16)12-13-26-2)14-17-8-10-23(11-9-17)20(25)22-18-6-4-3-5-7-18/h15,17-18H,3-14H2,1-2H3,(H,22,25). The molecule has 1 aromatic rings. The average molecular weight is 363 g/mol. The number of carbonyl (C=O) groups excluding carboxylic acids is 1. The number of hydrogen-bond donors (Lipinski definition) is 1. The minimum atomic E-state index is 0.146. The number of amides is 2. The number of rotatable bonds is 6. The predicted octanol–water partition coefficient (Wildman–Crippen LogP) is 3.13. The monoisotopic (exact) mass is 362 g/mol. The molecule has 1 saturated carbocycles. The summed E-state index contributed by atoms with van der Waals surface area (Å²) in [6, 6.07) is 0.540. The van der Waals surface area contributed by atoms with E-state index in [-0.39, 0.29) is 6.03 Å². The lowest BCUT2D eigenvalue weighted by Gasteiger charge is -2.34. The number of hydrogen-bond acceptors (Lipinski definition) is 3. The highest BCUT2D eigenvalue weighted by Crippen LogP contribution is 2.23. The lowest BCUT2D eigenvalue weighted by molar-refractivity contribution is 0.162. The van der Waals surface area contributed by atoms with Gasteiger partial charge >= 0.3 is 6.03 Å². The van der Waals surface area contributed by atoms with E-state index in [0.29, 0.717) is 18.6 Å². The molecule has 1 saturated heterocycles. The normalized spacial score (nSPS) is 19.7. The minimum absolute atomic E-state index is 0.146. The van der Waals surface area contributed by atoms with Gasteiger partial charge in [-0.05, 0) is 38.5 Å². The van der Waals surface area contributed by atoms with Crippen molar-refractivity contribution < 1.29 is 9.53 Å². The third-order valence-corrected chi connectivity index (χ3v) is 5.96. The van der Waals surface area contributed by atoms with Crippen molar-refractivity contribution in [3.8, 4) is 0 Å². The smallest absolute Gasteiger partial charge is 0.317 e. The van der Waals surface area contributed by atoms with Gasteiger partial charge in [0.15, 0.2) is 0 Å². The molecule has 2 amide bonds. The molecule has 2 fully saturated rings. The van der Waals surface area contributed by atoms with Crippen LogP contribution in [0.3, 0.4) is 0 Å². The maximum atomic E-state index is 12.5. The molecule has 0 atom stereocenters. The predicted molar refractivity (Wildman–Crippen MR) is 102 cm³/mol. The van der Waals surface area contributed by atoms with Gasteiger partial charge in [0.05, 0.1) is 6.61 Å². The first kappa shape index (κ1) is 19.2. The second kappa shape index (κ2) is 9.40. The molecule has 0 aromatic carbocycles. The fourth-order valence-corrected chi connectivity index (χ4v) is 4.27. The van der Waals surface area contributed by atoms with Crippen LogP contribution in [0.5, 0.6) is 0 Å². The Hall–Kier alpha value is -1.56. The lowest BCUT2D eigenvalue weighted by atomic mass is 9.93. The highest BCUT2D eigenvalue weighted by atomic mass is 16.5. The molecule has 6 nitrogen and oxygen atoms in total. The number of aromatic nitrogens is 2. The van der Waals surface area contributed by atoms with Crippen LogP contribution < -0.4 is 5.32 Å². The van der Waals surface area contributed by atoms with Gasteiger partial charge in [0, 0.05) is 51.1 Å². The van der Waals surface area contributed by atoms with Crippen molar-refractivity contribution in [2.45, 2.75) is 70.9 Å². The molecule has 26 heavy (non-hydrogen) atoms. The molecule has 1 aliphatic carbocycles. The van der Waals surface area contributed by atoms with Crippen molar-refractivity contribution >= 4 is 6.03 Å².